The Morgan fingerprint density at radius 2 is 1.76 bits per heavy atom. The van der Waals surface area contributed by atoms with Crippen LogP contribution in [0.2, 0.25) is 5.02 Å². The second-order valence-electron chi connectivity index (χ2n) is 8.99. The van der Waals surface area contributed by atoms with Crippen LogP contribution < -0.4 is 24.4 Å². The van der Waals surface area contributed by atoms with Crippen LogP contribution in [0.1, 0.15) is 41.4 Å². The summed E-state index contributed by atoms with van der Waals surface area (Å²) in [6.07, 6.45) is 1.71. The number of halogens is 1. The highest BCUT2D eigenvalue weighted by molar-refractivity contribution is 7.07. The number of carbonyl (C=O) groups excluding carboxylic acids is 2. The fourth-order valence-corrected chi connectivity index (χ4v) is 5.79. The lowest BCUT2D eigenvalue weighted by Crippen LogP contribution is -2.39. The molecule has 0 radical (unpaired) electrons. The molecule has 1 aliphatic rings. The van der Waals surface area contributed by atoms with Gasteiger partial charge in [-0.25, -0.2) is 14.6 Å². The maximum absolute atomic E-state index is 13.8. The van der Waals surface area contributed by atoms with Crippen LogP contribution in [0.5, 0.6) is 11.5 Å². The molecule has 0 bridgehead atoms. The molecule has 5 rings (SSSR count). The number of allylic oxidation sites excluding steroid dienone is 1. The van der Waals surface area contributed by atoms with E-state index in [4.69, 9.17) is 25.8 Å². The molecule has 8 nitrogen and oxygen atoms in total. The van der Waals surface area contributed by atoms with E-state index in [-0.39, 0.29) is 28.5 Å². The van der Waals surface area contributed by atoms with Crippen molar-refractivity contribution in [2.75, 3.05) is 13.7 Å². The van der Waals surface area contributed by atoms with Gasteiger partial charge in [0.25, 0.3) is 5.56 Å². The van der Waals surface area contributed by atoms with Crippen molar-refractivity contribution in [2.24, 2.45) is 4.99 Å². The van der Waals surface area contributed by atoms with Gasteiger partial charge >= 0.3 is 11.9 Å². The Labute approximate surface area is 244 Å². The molecule has 41 heavy (non-hydrogen) atoms. The Hall–Kier alpha value is -4.47. The Bertz CT molecular complexity index is 1860. The van der Waals surface area contributed by atoms with Crippen molar-refractivity contribution in [1.29, 1.82) is 0 Å². The van der Waals surface area contributed by atoms with Crippen LogP contribution in [-0.4, -0.2) is 30.2 Å². The Morgan fingerprint density at radius 1 is 1.02 bits per heavy atom. The van der Waals surface area contributed by atoms with Crippen LogP contribution >= 0.6 is 22.9 Å². The van der Waals surface area contributed by atoms with E-state index in [1.807, 2.05) is 30.3 Å². The van der Waals surface area contributed by atoms with E-state index in [1.54, 1.807) is 62.4 Å². The average Bonchev–Trinajstić information content (AvgIpc) is 3.27. The van der Waals surface area contributed by atoms with Crippen LogP contribution in [0.15, 0.2) is 93.9 Å². The SMILES string of the molecule is CCOC(=O)C1=C(C)N=c2s/c(=C\c3ccc(OC(=O)c4ccccc4Cl)c(OC)c3)c(=O)n2[C@@H]1c1ccccc1. The topological polar surface area (TPSA) is 96.2 Å². The van der Waals surface area contributed by atoms with E-state index < -0.39 is 18.0 Å². The number of aromatic nitrogens is 1. The molecule has 4 aromatic rings. The summed E-state index contributed by atoms with van der Waals surface area (Å²) in [7, 11) is 1.46. The first-order valence-electron chi connectivity index (χ1n) is 12.7. The van der Waals surface area contributed by atoms with E-state index in [2.05, 4.69) is 4.99 Å². The molecule has 0 fully saturated rings. The highest BCUT2D eigenvalue weighted by Gasteiger charge is 2.33. The molecule has 2 heterocycles. The number of fused-ring (bicyclic) bond motifs is 1. The first-order valence-corrected chi connectivity index (χ1v) is 13.9. The first-order chi connectivity index (χ1) is 19.8. The standard InChI is InChI=1S/C31H25ClN2O6S/c1-4-39-30(37)26-18(2)33-31-34(27(26)20-10-6-5-7-11-20)28(35)25(41-31)17-19-14-15-23(24(16-19)38-3)40-29(36)21-12-8-9-13-22(21)32/h5-17,27H,4H2,1-3H3/b25-17-/t27-/m1/s1. The molecule has 0 spiro atoms. The third-order valence-corrected chi connectivity index (χ3v) is 7.73. The third kappa shape index (κ3) is 5.59. The third-order valence-electron chi connectivity index (χ3n) is 6.41. The van der Waals surface area contributed by atoms with E-state index in [1.165, 1.54) is 23.0 Å². The molecule has 0 aliphatic carbocycles. The quantitative estimate of drug-likeness (QED) is 0.230. The predicted octanol–water partition coefficient (Wildman–Crippen LogP) is 4.68. The Morgan fingerprint density at radius 3 is 2.46 bits per heavy atom. The minimum atomic E-state index is -0.685. The smallest absolute Gasteiger partial charge is 0.345 e. The normalized spacial score (nSPS) is 14.7. The summed E-state index contributed by atoms with van der Waals surface area (Å²) in [5, 5.41) is 0.276. The van der Waals surface area contributed by atoms with Crippen molar-refractivity contribution in [3.05, 3.63) is 125 Å². The molecular weight excluding hydrogens is 564 g/mol. The lowest BCUT2D eigenvalue weighted by molar-refractivity contribution is -0.139. The Kier molecular flexibility index (Phi) is 8.19. The summed E-state index contributed by atoms with van der Waals surface area (Å²) < 4.78 is 18.3. The molecule has 0 saturated carbocycles. The maximum atomic E-state index is 13.8. The largest absolute Gasteiger partial charge is 0.493 e. The molecule has 1 aromatic heterocycles. The lowest BCUT2D eigenvalue weighted by atomic mass is 9.96. The number of hydrogen-bond acceptors (Lipinski definition) is 8. The number of thiazole rings is 1. The number of esters is 2. The van der Waals surface area contributed by atoms with Crippen LogP contribution in [0.4, 0.5) is 0 Å². The number of rotatable bonds is 7. The van der Waals surface area contributed by atoms with Gasteiger partial charge in [0.1, 0.15) is 0 Å². The van der Waals surface area contributed by atoms with Crippen molar-refractivity contribution >= 4 is 41.0 Å². The fourth-order valence-electron chi connectivity index (χ4n) is 4.53. The summed E-state index contributed by atoms with van der Waals surface area (Å²) in [5.41, 5.74) is 2.16. The van der Waals surface area contributed by atoms with Crippen LogP contribution in [0.3, 0.4) is 0 Å². The van der Waals surface area contributed by atoms with Crippen molar-refractivity contribution in [1.82, 2.24) is 4.57 Å². The molecule has 0 N–H and O–H groups in total. The van der Waals surface area contributed by atoms with Gasteiger partial charge in [-0.2, -0.15) is 0 Å². The van der Waals surface area contributed by atoms with Crippen molar-refractivity contribution in [2.45, 2.75) is 19.9 Å². The van der Waals surface area contributed by atoms with Gasteiger partial charge < -0.3 is 14.2 Å². The van der Waals surface area contributed by atoms with E-state index in [0.717, 1.165) is 5.56 Å². The molecule has 0 unspecified atom stereocenters. The van der Waals surface area contributed by atoms with Crippen molar-refractivity contribution < 1.29 is 23.8 Å². The van der Waals surface area contributed by atoms with Crippen molar-refractivity contribution in [3.8, 4) is 11.5 Å². The highest BCUT2D eigenvalue weighted by atomic mass is 35.5. The second kappa shape index (κ2) is 12.0. The van der Waals surface area contributed by atoms with Gasteiger partial charge in [-0.05, 0) is 55.3 Å². The van der Waals surface area contributed by atoms with E-state index >= 15 is 0 Å². The van der Waals surface area contributed by atoms with Crippen LogP contribution in [0, 0.1) is 0 Å². The zero-order valence-corrected chi connectivity index (χ0v) is 24.0. The monoisotopic (exact) mass is 588 g/mol. The number of hydrogen-bond donors (Lipinski definition) is 0. The molecule has 1 atom stereocenters. The lowest BCUT2D eigenvalue weighted by Gasteiger charge is -2.24. The van der Waals surface area contributed by atoms with Gasteiger partial charge in [0.2, 0.25) is 0 Å². The summed E-state index contributed by atoms with van der Waals surface area (Å²) in [4.78, 5) is 44.5. The second-order valence-corrected chi connectivity index (χ2v) is 10.4. The average molecular weight is 589 g/mol. The van der Waals surface area contributed by atoms with Gasteiger partial charge in [-0.3, -0.25) is 9.36 Å². The number of nitrogens with zero attached hydrogens (tertiary/aromatic N) is 2. The summed E-state index contributed by atoms with van der Waals surface area (Å²) >= 11 is 7.34. The van der Waals surface area contributed by atoms with Crippen molar-refractivity contribution in [3.63, 3.8) is 0 Å². The zero-order chi connectivity index (χ0) is 29.1. The molecule has 0 amide bonds. The van der Waals surface area contributed by atoms with Gasteiger partial charge in [-0.1, -0.05) is 71.5 Å². The van der Waals surface area contributed by atoms with Crippen LogP contribution in [-0.2, 0) is 9.53 Å². The predicted molar refractivity (Wildman–Crippen MR) is 156 cm³/mol. The summed E-state index contributed by atoms with van der Waals surface area (Å²) in [5.74, 6) is -0.628. The maximum Gasteiger partial charge on any atom is 0.345 e. The molecular formula is C31H25ClN2O6S. The zero-order valence-electron chi connectivity index (χ0n) is 22.4. The minimum absolute atomic E-state index is 0.201. The van der Waals surface area contributed by atoms with Crippen LogP contribution in [0.25, 0.3) is 6.08 Å². The number of ether oxygens (including phenoxy) is 3. The number of carbonyl (C=O) groups is 2. The fraction of sp³-hybridized carbons (Fsp3) is 0.161. The number of methoxy groups -OCH3 is 1. The number of benzene rings is 3. The van der Waals surface area contributed by atoms with Gasteiger partial charge in [0, 0.05) is 0 Å². The molecule has 3 aromatic carbocycles. The Balaban J connectivity index is 1.55. The van der Waals surface area contributed by atoms with E-state index in [0.29, 0.717) is 31.9 Å². The van der Waals surface area contributed by atoms with Gasteiger partial charge in [0.15, 0.2) is 16.3 Å². The molecule has 10 heteroatoms. The minimum Gasteiger partial charge on any atom is -0.493 e. The molecule has 0 saturated heterocycles. The molecule has 208 valence electrons. The van der Waals surface area contributed by atoms with E-state index in [9.17, 15) is 14.4 Å². The highest BCUT2D eigenvalue weighted by Crippen LogP contribution is 2.31. The summed E-state index contributed by atoms with van der Waals surface area (Å²) in [6, 6.07) is 20.2. The van der Waals surface area contributed by atoms with Gasteiger partial charge in [0.05, 0.1) is 46.1 Å². The van der Waals surface area contributed by atoms with Gasteiger partial charge in [-0.15, -0.1) is 0 Å². The summed E-state index contributed by atoms with van der Waals surface area (Å²) in [6.45, 7) is 3.68. The molecule has 1 aliphatic heterocycles. The first kappa shape index (κ1) is 28.1.